The van der Waals surface area contributed by atoms with Crippen molar-refractivity contribution in [3.8, 4) is 5.75 Å². The van der Waals surface area contributed by atoms with Crippen LogP contribution in [-0.4, -0.2) is 43.0 Å². The van der Waals surface area contributed by atoms with Crippen LogP contribution in [0.2, 0.25) is 0 Å². The molecule has 0 saturated carbocycles. The lowest BCUT2D eigenvalue weighted by Crippen LogP contribution is -2.36. The number of ether oxygens (including phenoxy) is 1. The van der Waals surface area contributed by atoms with Crippen molar-refractivity contribution in [3.63, 3.8) is 0 Å². The van der Waals surface area contributed by atoms with Crippen molar-refractivity contribution in [2.45, 2.75) is 6.92 Å². The normalized spacial score (nSPS) is 15.0. The maximum absolute atomic E-state index is 14.5. The number of rotatable bonds is 4. The second-order valence-corrected chi connectivity index (χ2v) is 5.95. The van der Waals surface area contributed by atoms with Gasteiger partial charge in [-0.2, -0.15) is 5.10 Å². The number of amides is 1. The zero-order valence-electron chi connectivity index (χ0n) is 14.4. The Hall–Kier alpha value is -2.93. The van der Waals surface area contributed by atoms with Crippen molar-refractivity contribution in [1.29, 1.82) is 0 Å². The molecule has 0 aliphatic carbocycles. The summed E-state index contributed by atoms with van der Waals surface area (Å²) in [6.07, 6.45) is 0. The number of phenolic OH excluding ortho intramolecular Hbond substituents is 1. The Morgan fingerprint density at radius 1 is 1.19 bits per heavy atom. The largest absolute Gasteiger partial charge is 0.508 e. The molecule has 0 spiro atoms. The van der Waals surface area contributed by atoms with Gasteiger partial charge in [-0.15, -0.1) is 0 Å². The summed E-state index contributed by atoms with van der Waals surface area (Å²) in [5, 5.41) is 13.4. The number of hydrazone groups is 1. The van der Waals surface area contributed by atoms with E-state index in [1.807, 2.05) is 4.90 Å². The molecule has 2 N–H and O–H groups in total. The number of hydrogen-bond acceptors (Lipinski definition) is 5. The second kappa shape index (κ2) is 7.97. The van der Waals surface area contributed by atoms with Crippen LogP contribution in [-0.2, 0) is 4.74 Å². The van der Waals surface area contributed by atoms with Gasteiger partial charge in [0.15, 0.2) is 0 Å². The first-order chi connectivity index (χ1) is 12.5. The van der Waals surface area contributed by atoms with Crippen LogP contribution in [0.5, 0.6) is 5.75 Å². The third-order valence-corrected chi connectivity index (χ3v) is 4.15. The number of morpholine rings is 1. The van der Waals surface area contributed by atoms with Gasteiger partial charge in [-0.25, -0.2) is 9.82 Å². The molecule has 0 atom stereocenters. The molecule has 7 heteroatoms. The number of aromatic hydroxyl groups is 1. The number of nitrogens with one attached hydrogen (secondary N) is 1. The van der Waals surface area contributed by atoms with E-state index >= 15 is 0 Å². The summed E-state index contributed by atoms with van der Waals surface area (Å²) >= 11 is 0. The average Bonchev–Trinajstić information content (AvgIpc) is 2.66. The Bertz CT molecular complexity index is 833. The summed E-state index contributed by atoms with van der Waals surface area (Å²) < 4.78 is 19.7. The van der Waals surface area contributed by atoms with Crippen LogP contribution >= 0.6 is 0 Å². The molecule has 0 aromatic heterocycles. The van der Waals surface area contributed by atoms with Crippen molar-refractivity contribution in [1.82, 2.24) is 5.43 Å². The van der Waals surface area contributed by atoms with Crippen molar-refractivity contribution >= 4 is 17.3 Å². The molecular formula is C19H20FN3O3. The Labute approximate surface area is 150 Å². The highest BCUT2D eigenvalue weighted by Gasteiger charge is 2.16. The second-order valence-electron chi connectivity index (χ2n) is 5.95. The fourth-order valence-electron chi connectivity index (χ4n) is 2.70. The molecule has 2 aromatic carbocycles. The fraction of sp³-hybridized carbons (Fsp3) is 0.263. The van der Waals surface area contributed by atoms with Crippen LogP contribution in [0.25, 0.3) is 0 Å². The molecule has 1 aliphatic heterocycles. The summed E-state index contributed by atoms with van der Waals surface area (Å²) in [7, 11) is 0. The summed E-state index contributed by atoms with van der Waals surface area (Å²) in [6, 6.07) is 10.8. The van der Waals surface area contributed by atoms with Gasteiger partial charge in [-0.1, -0.05) is 12.1 Å². The predicted octanol–water partition coefficient (Wildman–Crippen LogP) is 2.52. The number of hydrogen-bond donors (Lipinski definition) is 2. The quantitative estimate of drug-likeness (QED) is 0.651. The number of anilines is 1. The zero-order valence-corrected chi connectivity index (χ0v) is 14.4. The van der Waals surface area contributed by atoms with Gasteiger partial charge in [0.1, 0.15) is 11.6 Å². The number of phenols is 1. The maximum Gasteiger partial charge on any atom is 0.271 e. The predicted molar refractivity (Wildman–Crippen MR) is 97.2 cm³/mol. The highest BCUT2D eigenvalue weighted by atomic mass is 19.1. The van der Waals surface area contributed by atoms with Crippen LogP contribution < -0.4 is 10.3 Å². The van der Waals surface area contributed by atoms with E-state index < -0.39 is 5.91 Å². The smallest absolute Gasteiger partial charge is 0.271 e. The number of benzene rings is 2. The molecule has 2 aromatic rings. The van der Waals surface area contributed by atoms with Crippen LogP contribution in [0, 0.1) is 5.82 Å². The van der Waals surface area contributed by atoms with Crippen LogP contribution in [0.15, 0.2) is 47.6 Å². The van der Waals surface area contributed by atoms with E-state index in [1.165, 1.54) is 18.2 Å². The molecule has 0 bridgehead atoms. The molecule has 1 aliphatic rings. The average molecular weight is 357 g/mol. The Morgan fingerprint density at radius 3 is 2.65 bits per heavy atom. The standard InChI is InChI=1S/C19H20FN3O3/c1-13(21-22-19(25)15-3-2-4-16(24)11-15)14-5-6-18(17(20)12-14)23-7-9-26-10-8-23/h2-6,11-12,24H,7-10H2,1H3,(H,22,25)/b21-13-. The van der Waals surface area contributed by atoms with E-state index in [1.54, 1.807) is 31.2 Å². The minimum absolute atomic E-state index is 0.000811. The third kappa shape index (κ3) is 4.18. The highest BCUT2D eigenvalue weighted by molar-refractivity contribution is 6.01. The maximum atomic E-state index is 14.5. The Balaban J connectivity index is 1.70. The SMILES string of the molecule is C/C(=N/NC(=O)c1cccc(O)c1)c1ccc(N2CCOCC2)c(F)c1. The van der Waals surface area contributed by atoms with Gasteiger partial charge in [0, 0.05) is 24.2 Å². The van der Waals surface area contributed by atoms with E-state index in [9.17, 15) is 14.3 Å². The highest BCUT2D eigenvalue weighted by Crippen LogP contribution is 2.22. The summed E-state index contributed by atoms with van der Waals surface area (Å²) in [4.78, 5) is 14.0. The molecule has 136 valence electrons. The topological polar surface area (TPSA) is 74.2 Å². The molecule has 0 unspecified atom stereocenters. The summed E-state index contributed by atoms with van der Waals surface area (Å²) in [6.45, 7) is 4.17. The van der Waals surface area contributed by atoms with Crippen molar-refractivity contribution in [2.24, 2.45) is 5.10 Å². The summed E-state index contributed by atoms with van der Waals surface area (Å²) in [5.74, 6) is -0.789. The summed E-state index contributed by atoms with van der Waals surface area (Å²) in [5.41, 5.74) is 4.29. The molecule has 1 heterocycles. The van der Waals surface area contributed by atoms with Crippen molar-refractivity contribution in [3.05, 3.63) is 59.4 Å². The van der Waals surface area contributed by atoms with E-state index in [2.05, 4.69) is 10.5 Å². The molecule has 1 fully saturated rings. The molecule has 6 nitrogen and oxygen atoms in total. The number of carbonyl (C=O) groups is 1. The number of nitrogens with zero attached hydrogens (tertiary/aromatic N) is 2. The van der Waals surface area contributed by atoms with Gasteiger partial charge < -0.3 is 14.7 Å². The van der Waals surface area contributed by atoms with Crippen molar-refractivity contribution in [2.75, 3.05) is 31.2 Å². The molecule has 1 saturated heterocycles. The molecule has 3 rings (SSSR count). The zero-order chi connectivity index (χ0) is 18.5. The first-order valence-corrected chi connectivity index (χ1v) is 8.31. The Morgan fingerprint density at radius 2 is 1.96 bits per heavy atom. The van der Waals surface area contributed by atoms with Gasteiger partial charge >= 0.3 is 0 Å². The number of carbonyl (C=O) groups excluding carboxylic acids is 1. The van der Waals surface area contributed by atoms with Crippen LogP contribution in [0.1, 0.15) is 22.8 Å². The van der Waals surface area contributed by atoms with Gasteiger partial charge in [-0.05, 0) is 37.3 Å². The first-order valence-electron chi connectivity index (χ1n) is 8.31. The van der Waals surface area contributed by atoms with Gasteiger partial charge in [0.2, 0.25) is 0 Å². The van der Waals surface area contributed by atoms with Crippen molar-refractivity contribution < 1.29 is 19.0 Å². The van der Waals surface area contributed by atoms with Gasteiger partial charge in [0.25, 0.3) is 5.91 Å². The monoisotopic (exact) mass is 357 g/mol. The van der Waals surface area contributed by atoms with E-state index in [0.717, 1.165) is 0 Å². The lowest BCUT2D eigenvalue weighted by molar-refractivity contribution is 0.0954. The van der Waals surface area contributed by atoms with Gasteiger partial charge in [-0.3, -0.25) is 4.79 Å². The first kappa shape index (κ1) is 17.9. The lowest BCUT2D eigenvalue weighted by Gasteiger charge is -2.29. The van der Waals surface area contributed by atoms with E-state index in [-0.39, 0.29) is 17.1 Å². The third-order valence-electron chi connectivity index (χ3n) is 4.15. The molecular weight excluding hydrogens is 337 g/mol. The van der Waals surface area contributed by atoms with Crippen LogP contribution in [0.4, 0.5) is 10.1 Å². The minimum Gasteiger partial charge on any atom is -0.508 e. The molecule has 1 amide bonds. The lowest BCUT2D eigenvalue weighted by atomic mass is 10.1. The fourth-order valence-corrected chi connectivity index (χ4v) is 2.70. The number of halogens is 1. The molecule has 26 heavy (non-hydrogen) atoms. The van der Waals surface area contributed by atoms with Crippen LogP contribution in [0.3, 0.4) is 0 Å². The Kier molecular flexibility index (Phi) is 5.48. The molecule has 0 radical (unpaired) electrons. The van der Waals surface area contributed by atoms with E-state index in [4.69, 9.17) is 4.74 Å². The minimum atomic E-state index is -0.453. The van der Waals surface area contributed by atoms with Gasteiger partial charge in [0.05, 0.1) is 24.6 Å². The van der Waals surface area contributed by atoms with E-state index in [0.29, 0.717) is 43.3 Å².